The first-order chi connectivity index (χ1) is 8.49. The maximum atomic E-state index is 12.5. The number of carbonyl (C=O) groups is 1. The van der Waals surface area contributed by atoms with Crippen molar-refractivity contribution in [2.45, 2.75) is 18.2 Å². The number of rotatable bonds is 1. The van der Waals surface area contributed by atoms with E-state index in [1.807, 2.05) is 23.1 Å². The van der Waals surface area contributed by atoms with Crippen molar-refractivity contribution in [3.63, 3.8) is 0 Å². The van der Waals surface area contributed by atoms with Crippen LogP contribution in [-0.4, -0.2) is 28.7 Å². The molecular formula is C13H14Br3NO. The van der Waals surface area contributed by atoms with Crippen molar-refractivity contribution in [2.75, 3.05) is 13.1 Å². The van der Waals surface area contributed by atoms with Crippen LogP contribution < -0.4 is 0 Å². The van der Waals surface area contributed by atoms with Gasteiger partial charge in [-0.3, -0.25) is 4.79 Å². The molecule has 1 heterocycles. The lowest BCUT2D eigenvalue weighted by molar-refractivity contribution is 0.0689. The normalized spacial score (nSPS) is 24.1. The number of piperidine rings is 1. The number of benzene rings is 1. The topological polar surface area (TPSA) is 20.3 Å². The Kier molecular flexibility index (Phi) is 4.89. The SMILES string of the molecule is CC1CN(C(=O)c2cc(Br)ccc2Br)CCC1Br. The number of halogens is 3. The molecule has 1 amide bonds. The third-order valence-electron chi connectivity index (χ3n) is 3.25. The Morgan fingerprint density at radius 3 is 2.78 bits per heavy atom. The summed E-state index contributed by atoms with van der Waals surface area (Å²) >= 11 is 10.5. The number of alkyl halides is 1. The van der Waals surface area contributed by atoms with E-state index in [0.717, 1.165) is 34.0 Å². The molecule has 5 heteroatoms. The van der Waals surface area contributed by atoms with E-state index in [-0.39, 0.29) is 5.91 Å². The van der Waals surface area contributed by atoms with Crippen molar-refractivity contribution in [1.29, 1.82) is 0 Å². The molecule has 0 aromatic heterocycles. The number of hydrogen-bond donors (Lipinski definition) is 0. The van der Waals surface area contributed by atoms with E-state index in [9.17, 15) is 4.79 Å². The molecule has 1 aromatic carbocycles. The third kappa shape index (κ3) is 3.17. The second-order valence-electron chi connectivity index (χ2n) is 4.66. The van der Waals surface area contributed by atoms with Gasteiger partial charge < -0.3 is 4.90 Å². The maximum absolute atomic E-state index is 12.5. The predicted molar refractivity (Wildman–Crippen MR) is 84.2 cm³/mol. The Morgan fingerprint density at radius 1 is 1.39 bits per heavy atom. The molecule has 0 N–H and O–H groups in total. The second-order valence-corrected chi connectivity index (χ2v) is 7.60. The van der Waals surface area contributed by atoms with E-state index in [0.29, 0.717) is 10.7 Å². The fraction of sp³-hybridized carbons (Fsp3) is 0.462. The molecule has 2 unspecified atom stereocenters. The number of carbonyl (C=O) groups excluding carboxylic acids is 1. The summed E-state index contributed by atoms with van der Waals surface area (Å²) in [5, 5.41) is 0. The van der Waals surface area contributed by atoms with Crippen LogP contribution in [0.25, 0.3) is 0 Å². The van der Waals surface area contributed by atoms with Gasteiger partial charge in [-0.15, -0.1) is 0 Å². The van der Waals surface area contributed by atoms with Gasteiger partial charge in [0.05, 0.1) is 5.56 Å². The molecule has 18 heavy (non-hydrogen) atoms. The van der Waals surface area contributed by atoms with Crippen LogP contribution in [0.2, 0.25) is 0 Å². The molecular weight excluding hydrogens is 426 g/mol. The zero-order valence-corrected chi connectivity index (χ0v) is 14.8. The van der Waals surface area contributed by atoms with Gasteiger partial charge in [-0.1, -0.05) is 38.8 Å². The minimum absolute atomic E-state index is 0.106. The van der Waals surface area contributed by atoms with Crippen molar-refractivity contribution in [1.82, 2.24) is 4.90 Å². The van der Waals surface area contributed by atoms with E-state index in [2.05, 4.69) is 54.7 Å². The molecule has 1 aliphatic heterocycles. The zero-order chi connectivity index (χ0) is 13.3. The lowest BCUT2D eigenvalue weighted by Crippen LogP contribution is -2.43. The number of hydrogen-bond acceptors (Lipinski definition) is 1. The summed E-state index contributed by atoms with van der Waals surface area (Å²) in [6.07, 6.45) is 1.01. The Balaban J connectivity index is 2.19. The lowest BCUT2D eigenvalue weighted by atomic mass is 9.99. The minimum atomic E-state index is 0.106. The highest BCUT2D eigenvalue weighted by Gasteiger charge is 2.28. The Hall–Kier alpha value is 0.130. The average molecular weight is 440 g/mol. The van der Waals surface area contributed by atoms with Gasteiger partial charge in [0.15, 0.2) is 0 Å². The molecule has 1 saturated heterocycles. The van der Waals surface area contributed by atoms with Crippen LogP contribution in [-0.2, 0) is 0 Å². The number of nitrogens with zero attached hydrogens (tertiary/aromatic N) is 1. The highest BCUT2D eigenvalue weighted by Crippen LogP contribution is 2.27. The fourth-order valence-corrected chi connectivity index (χ4v) is 3.28. The average Bonchev–Trinajstić information content (AvgIpc) is 2.35. The Morgan fingerprint density at radius 2 is 2.11 bits per heavy atom. The van der Waals surface area contributed by atoms with Gasteiger partial charge >= 0.3 is 0 Å². The largest absolute Gasteiger partial charge is 0.338 e. The Labute approximate surface area is 133 Å². The molecule has 0 aliphatic carbocycles. The number of likely N-dealkylation sites (tertiary alicyclic amines) is 1. The third-order valence-corrected chi connectivity index (χ3v) is 5.79. The van der Waals surface area contributed by atoms with E-state index in [1.54, 1.807) is 0 Å². The van der Waals surface area contributed by atoms with Gasteiger partial charge in [0, 0.05) is 26.9 Å². The van der Waals surface area contributed by atoms with E-state index in [4.69, 9.17) is 0 Å². The van der Waals surface area contributed by atoms with E-state index >= 15 is 0 Å². The standard InChI is InChI=1S/C13H14Br3NO/c1-8-7-17(5-4-11(8)15)13(18)10-6-9(14)2-3-12(10)16/h2-3,6,8,11H,4-5,7H2,1H3. The van der Waals surface area contributed by atoms with Crippen LogP contribution in [0.5, 0.6) is 0 Å². The summed E-state index contributed by atoms with van der Waals surface area (Å²) < 4.78 is 1.78. The zero-order valence-electron chi connectivity index (χ0n) is 10.00. The van der Waals surface area contributed by atoms with Crippen molar-refractivity contribution < 1.29 is 4.79 Å². The number of amides is 1. The molecule has 1 fully saturated rings. The van der Waals surface area contributed by atoms with Crippen LogP contribution in [0.15, 0.2) is 27.1 Å². The lowest BCUT2D eigenvalue weighted by Gasteiger charge is -2.34. The van der Waals surface area contributed by atoms with Crippen molar-refractivity contribution in [2.24, 2.45) is 5.92 Å². The maximum Gasteiger partial charge on any atom is 0.255 e. The summed E-state index contributed by atoms with van der Waals surface area (Å²) in [7, 11) is 0. The molecule has 0 radical (unpaired) electrons. The first kappa shape index (κ1) is 14.5. The van der Waals surface area contributed by atoms with E-state index < -0.39 is 0 Å². The second kappa shape index (κ2) is 6.06. The van der Waals surface area contributed by atoms with Crippen LogP contribution in [0.1, 0.15) is 23.7 Å². The van der Waals surface area contributed by atoms with Gasteiger partial charge in [-0.2, -0.15) is 0 Å². The first-order valence-electron chi connectivity index (χ1n) is 5.87. The molecule has 2 nitrogen and oxygen atoms in total. The molecule has 0 saturated carbocycles. The van der Waals surface area contributed by atoms with Gasteiger partial charge in [0.25, 0.3) is 5.91 Å². The highest BCUT2D eigenvalue weighted by atomic mass is 79.9. The molecule has 2 rings (SSSR count). The van der Waals surface area contributed by atoms with Gasteiger partial charge in [-0.05, 0) is 46.5 Å². The fourth-order valence-electron chi connectivity index (χ4n) is 2.13. The van der Waals surface area contributed by atoms with Crippen LogP contribution in [0.3, 0.4) is 0 Å². The summed E-state index contributed by atoms with van der Waals surface area (Å²) in [4.78, 5) is 14.9. The quantitative estimate of drug-likeness (QED) is 0.592. The molecule has 1 aliphatic rings. The minimum Gasteiger partial charge on any atom is -0.338 e. The predicted octanol–water partition coefficient (Wildman–Crippen LogP) is 4.46. The van der Waals surface area contributed by atoms with Crippen molar-refractivity contribution >= 4 is 53.7 Å². The molecule has 2 atom stereocenters. The summed E-state index contributed by atoms with van der Waals surface area (Å²) in [6, 6.07) is 5.70. The highest BCUT2D eigenvalue weighted by molar-refractivity contribution is 9.11. The van der Waals surface area contributed by atoms with Crippen molar-refractivity contribution in [3.05, 3.63) is 32.7 Å². The monoisotopic (exact) mass is 437 g/mol. The van der Waals surface area contributed by atoms with Crippen molar-refractivity contribution in [3.8, 4) is 0 Å². The molecule has 98 valence electrons. The summed E-state index contributed by atoms with van der Waals surface area (Å²) in [6.45, 7) is 3.81. The van der Waals surface area contributed by atoms with E-state index in [1.165, 1.54) is 0 Å². The first-order valence-corrected chi connectivity index (χ1v) is 8.37. The van der Waals surface area contributed by atoms with Crippen LogP contribution >= 0.6 is 47.8 Å². The van der Waals surface area contributed by atoms with Crippen LogP contribution in [0, 0.1) is 5.92 Å². The molecule has 0 bridgehead atoms. The van der Waals surface area contributed by atoms with Gasteiger partial charge in [0.1, 0.15) is 0 Å². The van der Waals surface area contributed by atoms with Gasteiger partial charge in [0.2, 0.25) is 0 Å². The summed E-state index contributed by atoms with van der Waals surface area (Å²) in [5.41, 5.74) is 0.726. The van der Waals surface area contributed by atoms with Gasteiger partial charge in [-0.25, -0.2) is 0 Å². The summed E-state index contributed by atoms with van der Waals surface area (Å²) in [5.74, 6) is 0.600. The Bertz CT molecular complexity index is 464. The van der Waals surface area contributed by atoms with Crippen LogP contribution in [0.4, 0.5) is 0 Å². The smallest absolute Gasteiger partial charge is 0.255 e. The molecule has 1 aromatic rings. The molecule has 0 spiro atoms.